The molecule has 0 bridgehead atoms. The van der Waals surface area contributed by atoms with Gasteiger partial charge in [-0.15, -0.1) is 0 Å². The standard InChI is InChI=1S/C18H21N5O2/c1-21-10-6-20-17(21)16(24)13-4-8-22(9-5-13)18(25)14-2-3-15-19-7-11-23(15)12-14/h2-3,6-7,10-13,16,24H,4-5,8-9H2,1H3/t16-/m0/s1. The van der Waals surface area contributed by atoms with E-state index in [4.69, 9.17) is 0 Å². The van der Waals surface area contributed by atoms with E-state index in [9.17, 15) is 9.90 Å². The molecule has 0 radical (unpaired) electrons. The zero-order chi connectivity index (χ0) is 17.4. The van der Waals surface area contributed by atoms with E-state index in [-0.39, 0.29) is 11.8 Å². The Balaban J connectivity index is 1.42. The van der Waals surface area contributed by atoms with Crippen molar-refractivity contribution in [3.8, 4) is 0 Å². The number of piperidine rings is 1. The molecule has 0 spiro atoms. The summed E-state index contributed by atoms with van der Waals surface area (Å²) in [5.74, 6) is 0.845. The van der Waals surface area contributed by atoms with Gasteiger partial charge in [0.15, 0.2) is 0 Å². The van der Waals surface area contributed by atoms with Crippen LogP contribution in [0.15, 0.2) is 43.1 Å². The first-order valence-corrected chi connectivity index (χ1v) is 8.51. The molecule has 4 rings (SSSR count). The van der Waals surface area contributed by atoms with Gasteiger partial charge in [0.1, 0.15) is 17.6 Å². The molecule has 25 heavy (non-hydrogen) atoms. The van der Waals surface area contributed by atoms with Crippen molar-refractivity contribution < 1.29 is 9.90 Å². The lowest BCUT2D eigenvalue weighted by Gasteiger charge is -2.34. The van der Waals surface area contributed by atoms with Crippen molar-refractivity contribution in [2.24, 2.45) is 13.0 Å². The Morgan fingerprint density at radius 2 is 1.96 bits per heavy atom. The Bertz CT molecular complexity index is 892. The Labute approximate surface area is 145 Å². The van der Waals surface area contributed by atoms with Gasteiger partial charge < -0.3 is 19.0 Å². The van der Waals surface area contributed by atoms with E-state index in [2.05, 4.69) is 9.97 Å². The summed E-state index contributed by atoms with van der Waals surface area (Å²) >= 11 is 0. The number of aliphatic hydroxyl groups is 1. The molecular formula is C18H21N5O2. The molecule has 0 aromatic carbocycles. The smallest absolute Gasteiger partial charge is 0.255 e. The molecule has 1 aliphatic rings. The minimum absolute atomic E-state index is 0.0283. The van der Waals surface area contributed by atoms with E-state index in [1.807, 2.05) is 51.6 Å². The summed E-state index contributed by atoms with van der Waals surface area (Å²) in [5.41, 5.74) is 1.49. The van der Waals surface area contributed by atoms with Gasteiger partial charge in [-0.1, -0.05) is 0 Å². The van der Waals surface area contributed by atoms with Crippen molar-refractivity contribution >= 4 is 11.6 Å². The van der Waals surface area contributed by atoms with Gasteiger partial charge in [0.25, 0.3) is 5.91 Å². The summed E-state index contributed by atoms with van der Waals surface area (Å²) in [7, 11) is 1.89. The molecule has 1 amide bonds. The monoisotopic (exact) mass is 339 g/mol. The molecule has 3 aromatic heterocycles. The predicted molar refractivity (Wildman–Crippen MR) is 92.0 cm³/mol. The molecule has 1 aliphatic heterocycles. The van der Waals surface area contributed by atoms with Crippen molar-refractivity contribution in [3.05, 3.63) is 54.5 Å². The number of rotatable bonds is 3. The summed E-state index contributed by atoms with van der Waals surface area (Å²) in [6, 6.07) is 3.67. The van der Waals surface area contributed by atoms with Crippen LogP contribution in [-0.4, -0.2) is 47.9 Å². The molecule has 130 valence electrons. The maximum Gasteiger partial charge on any atom is 0.255 e. The van der Waals surface area contributed by atoms with Crippen LogP contribution < -0.4 is 0 Å². The molecule has 1 saturated heterocycles. The van der Waals surface area contributed by atoms with Crippen LogP contribution in [0.5, 0.6) is 0 Å². The maximum atomic E-state index is 12.7. The Hall–Kier alpha value is -2.67. The minimum atomic E-state index is -0.584. The summed E-state index contributed by atoms with van der Waals surface area (Å²) in [6.45, 7) is 1.29. The number of pyridine rings is 1. The second kappa shape index (κ2) is 6.33. The van der Waals surface area contributed by atoms with E-state index in [0.29, 0.717) is 24.5 Å². The van der Waals surface area contributed by atoms with Gasteiger partial charge in [-0.05, 0) is 30.9 Å². The largest absolute Gasteiger partial charge is 0.385 e. The number of hydrogen-bond acceptors (Lipinski definition) is 4. The maximum absolute atomic E-state index is 12.7. The fourth-order valence-electron chi connectivity index (χ4n) is 3.52. The number of aromatic nitrogens is 4. The molecule has 1 atom stereocenters. The average molecular weight is 339 g/mol. The average Bonchev–Trinajstić information content (AvgIpc) is 3.28. The number of imidazole rings is 2. The Morgan fingerprint density at radius 1 is 1.20 bits per heavy atom. The van der Waals surface area contributed by atoms with Crippen molar-refractivity contribution in [1.82, 2.24) is 23.8 Å². The van der Waals surface area contributed by atoms with Crippen LogP contribution in [0.2, 0.25) is 0 Å². The zero-order valence-electron chi connectivity index (χ0n) is 14.1. The van der Waals surface area contributed by atoms with E-state index in [0.717, 1.165) is 18.5 Å². The molecule has 7 heteroatoms. The second-order valence-corrected chi connectivity index (χ2v) is 6.58. The SMILES string of the molecule is Cn1ccnc1[C@@H](O)C1CCN(C(=O)c2ccc3nccn3c2)CC1. The van der Waals surface area contributed by atoms with Crippen molar-refractivity contribution in [2.75, 3.05) is 13.1 Å². The van der Waals surface area contributed by atoms with Crippen LogP contribution in [0.3, 0.4) is 0 Å². The quantitative estimate of drug-likeness (QED) is 0.787. The van der Waals surface area contributed by atoms with E-state index >= 15 is 0 Å². The van der Waals surface area contributed by atoms with Crippen molar-refractivity contribution in [3.63, 3.8) is 0 Å². The number of aryl methyl sites for hydroxylation is 1. The Kier molecular flexibility index (Phi) is 4.01. The van der Waals surface area contributed by atoms with Crippen LogP contribution >= 0.6 is 0 Å². The number of amides is 1. The lowest BCUT2D eigenvalue weighted by atomic mass is 9.90. The first kappa shape index (κ1) is 15.8. The summed E-state index contributed by atoms with van der Waals surface area (Å²) < 4.78 is 3.70. The van der Waals surface area contributed by atoms with E-state index < -0.39 is 6.10 Å². The van der Waals surface area contributed by atoms with Crippen LogP contribution in [0.25, 0.3) is 5.65 Å². The predicted octanol–water partition coefficient (Wildman–Crippen LogP) is 1.65. The highest BCUT2D eigenvalue weighted by Gasteiger charge is 2.30. The highest BCUT2D eigenvalue weighted by molar-refractivity contribution is 5.94. The molecule has 0 saturated carbocycles. The molecule has 1 fully saturated rings. The number of carbonyl (C=O) groups is 1. The third-order valence-corrected chi connectivity index (χ3v) is 5.03. The second-order valence-electron chi connectivity index (χ2n) is 6.58. The van der Waals surface area contributed by atoms with Crippen LogP contribution in [-0.2, 0) is 7.05 Å². The van der Waals surface area contributed by atoms with Crippen molar-refractivity contribution in [2.45, 2.75) is 18.9 Å². The number of carbonyl (C=O) groups excluding carboxylic acids is 1. The number of likely N-dealkylation sites (tertiary alicyclic amines) is 1. The fourth-order valence-corrected chi connectivity index (χ4v) is 3.52. The van der Waals surface area contributed by atoms with Gasteiger partial charge in [0, 0.05) is 51.1 Å². The van der Waals surface area contributed by atoms with Gasteiger partial charge in [0.05, 0.1) is 5.56 Å². The highest BCUT2D eigenvalue weighted by atomic mass is 16.3. The van der Waals surface area contributed by atoms with Crippen LogP contribution in [0.4, 0.5) is 0 Å². The zero-order valence-corrected chi connectivity index (χ0v) is 14.1. The highest BCUT2D eigenvalue weighted by Crippen LogP contribution is 2.30. The number of nitrogens with zero attached hydrogens (tertiary/aromatic N) is 5. The molecule has 0 unspecified atom stereocenters. The van der Waals surface area contributed by atoms with Gasteiger partial charge in [-0.2, -0.15) is 0 Å². The lowest BCUT2D eigenvalue weighted by Crippen LogP contribution is -2.40. The molecular weight excluding hydrogens is 318 g/mol. The lowest BCUT2D eigenvalue weighted by molar-refractivity contribution is 0.0420. The number of hydrogen-bond donors (Lipinski definition) is 1. The first-order valence-electron chi connectivity index (χ1n) is 8.51. The summed E-state index contributed by atoms with van der Waals surface area (Å²) in [6.07, 6.45) is 9.86. The number of aliphatic hydroxyl groups excluding tert-OH is 1. The van der Waals surface area contributed by atoms with Gasteiger partial charge >= 0.3 is 0 Å². The fraction of sp³-hybridized carbons (Fsp3) is 0.389. The normalized spacial score (nSPS) is 17.1. The third-order valence-electron chi connectivity index (χ3n) is 5.03. The summed E-state index contributed by atoms with van der Waals surface area (Å²) in [4.78, 5) is 23.0. The molecule has 4 heterocycles. The van der Waals surface area contributed by atoms with E-state index in [1.165, 1.54) is 0 Å². The van der Waals surface area contributed by atoms with Gasteiger partial charge in [-0.3, -0.25) is 4.79 Å². The first-order chi connectivity index (χ1) is 12.1. The molecule has 1 N–H and O–H groups in total. The topological polar surface area (TPSA) is 75.7 Å². The van der Waals surface area contributed by atoms with Gasteiger partial charge in [-0.25, -0.2) is 9.97 Å². The molecule has 3 aromatic rings. The third kappa shape index (κ3) is 2.91. The molecule has 7 nitrogen and oxygen atoms in total. The summed E-state index contributed by atoms with van der Waals surface area (Å²) in [5, 5.41) is 10.6. The van der Waals surface area contributed by atoms with Crippen molar-refractivity contribution in [1.29, 1.82) is 0 Å². The minimum Gasteiger partial charge on any atom is -0.385 e. The Morgan fingerprint density at radius 3 is 2.68 bits per heavy atom. The van der Waals surface area contributed by atoms with Gasteiger partial charge in [0.2, 0.25) is 0 Å². The molecule has 0 aliphatic carbocycles. The van der Waals surface area contributed by atoms with Crippen LogP contribution in [0.1, 0.15) is 35.1 Å². The number of fused-ring (bicyclic) bond motifs is 1. The van der Waals surface area contributed by atoms with Crippen LogP contribution in [0, 0.1) is 5.92 Å². The van der Waals surface area contributed by atoms with E-state index in [1.54, 1.807) is 12.4 Å².